The van der Waals surface area contributed by atoms with Gasteiger partial charge in [0.1, 0.15) is 0 Å². The molecular formula is C6H10O5. The van der Waals surface area contributed by atoms with E-state index in [1.54, 1.807) is 0 Å². The molecule has 0 heterocycles. The zero-order valence-corrected chi connectivity index (χ0v) is 5.16. The second-order valence-corrected chi connectivity index (χ2v) is 1.33. The molecule has 0 spiro atoms. The fourth-order valence-corrected chi connectivity index (χ4v) is 0.245. The predicted octanol–water partition coefficient (Wildman–Crippen LogP) is -0.313. The van der Waals surface area contributed by atoms with Crippen molar-refractivity contribution in [2.24, 2.45) is 0 Å². The van der Waals surface area contributed by atoms with Gasteiger partial charge in [-0.05, 0) is 6.37 Å². The highest BCUT2D eigenvalue weighted by Gasteiger charge is 2.10. The van der Waals surface area contributed by atoms with E-state index >= 15 is 0 Å². The summed E-state index contributed by atoms with van der Waals surface area (Å²) in [7, 11) is 0. The van der Waals surface area contributed by atoms with E-state index in [-0.39, 0.29) is 0 Å². The summed E-state index contributed by atoms with van der Waals surface area (Å²) in [5.74, 6) is -4.83. The lowest BCUT2D eigenvalue weighted by Gasteiger charge is -2.03. The van der Waals surface area contributed by atoms with Gasteiger partial charge in [-0.15, -0.1) is 0 Å². The second kappa shape index (κ2) is 4.68. The average molecular weight is 169 g/mol. The van der Waals surface area contributed by atoms with Crippen LogP contribution in [0.25, 0.3) is 0 Å². The van der Waals surface area contributed by atoms with Crippen LogP contribution >= 0.6 is 0 Å². The fraction of sp³-hybridized carbons (Fsp3) is 0.667. The van der Waals surface area contributed by atoms with E-state index in [0.29, 0.717) is 0 Å². The Bertz CT molecular complexity index is 341. The third-order valence-electron chi connectivity index (χ3n) is 0.513. The minimum Gasteiger partial charge on any atom is -0.481 e. The zero-order chi connectivity index (χ0) is 15.2. The smallest absolute Gasteiger partial charge is 0.305 e. The van der Waals surface area contributed by atoms with Crippen LogP contribution < -0.4 is 0 Å². The van der Waals surface area contributed by atoms with Gasteiger partial charge in [0.05, 0.1) is 13.8 Å². The van der Waals surface area contributed by atoms with E-state index in [2.05, 4.69) is 0 Å². The first-order valence-corrected chi connectivity index (χ1v) is 2.33. The lowest BCUT2D eigenvalue weighted by atomic mass is 10.1. The van der Waals surface area contributed by atoms with Crippen LogP contribution in [0, 0.1) is 0 Å². The van der Waals surface area contributed by atoms with Crippen LogP contribution in [-0.4, -0.2) is 33.3 Å². The van der Waals surface area contributed by atoms with Gasteiger partial charge in [-0.3, -0.25) is 9.59 Å². The number of carbonyl (C=O) groups is 2. The number of hydrogen-bond donors (Lipinski definition) is 3. The van der Waals surface area contributed by atoms with Crippen molar-refractivity contribution in [3.8, 4) is 0 Å². The summed E-state index contributed by atoms with van der Waals surface area (Å²) in [5, 5.41) is 26.3. The van der Waals surface area contributed by atoms with Crippen molar-refractivity contribution in [1.82, 2.24) is 0 Å². The maximum absolute atomic E-state index is 10.5. The van der Waals surface area contributed by atoms with E-state index < -0.39 is 37.1 Å². The number of carboxylic acids is 2. The van der Waals surface area contributed by atoms with Crippen LogP contribution in [0.1, 0.15) is 28.7 Å². The lowest BCUT2D eigenvalue weighted by Crippen LogP contribution is -2.14. The third-order valence-corrected chi connectivity index (χ3v) is 0.513. The van der Waals surface area contributed by atoms with Crippen LogP contribution in [0.4, 0.5) is 0 Å². The molecule has 11 heavy (non-hydrogen) atoms. The van der Waals surface area contributed by atoms with Crippen molar-refractivity contribution in [2.75, 3.05) is 0 Å². The Kier molecular flexibility index (Phi) is 1.32. The highest BCUT2D eigenvalue weighted by Crippen LogP contribution is 2.00. The summed E-state index contributed by atoms with van der Waals surface area (Å²) in [6.07, 6.45) is -16.0. The Morgan fingerprint density at radius 2 is 2.00 bits per heavy atom. The van der Waals surface area contributed by atoms with Crippen LogP contribution in [0.5, 0.6) is 0 Å². The third kappa shape index (κ3) is 6.79. The molecule has 0 aliphatic heterocycles. The molecule has 0 amide bonds. The van der Waals surface area contributed by atoms with Crippen LogP contribution in [0.3, 0.4) is 0 Å². The van der Waals surface area contributed by atoms with Crippen molar-refractivity contribution in [1.29, 1.82) is 0 Å². The van der Waals surface area contributed by atoms with Gasteiger partial charge in [0, 0.05) is 14.6 Å². The van der Waals surface area contributed by atoms with E-state index in [4.69, 9.17) is 19.8 Å². The summed E-state index contributed by atoms with van der Waals surface area (Å²) >= 11 is 0. The zero-order valence-electron chi connectivity index (χ0n) is 12.2. The fourth-order valence-electron chi connectivity index (χ4n) is 0.245. The van der Waals surface area contributed by atoms with Gasteiger partial charge in [-0.2, -0.15) is 0 Å². The van der Waals surface area contributed by atoms with Crippen molar-refractivity contribution in [3.05, 3.63) is 0 Å². The number of carboxylic acid groups (broad SMARTS) is 2. The minimum atomic E-state index is -4.16. The molecule has 0 radical (unpaired) electrons. The summed E-state index contributed by atoms with van der Waals surface area (Å²) in [6, 6.07) is 0. The van der Waals surface area contributed by atoms with E-state index in [9.17, 15) is 14.7 Å². The highest BCUT2D eigenvalue weighted by atomic mass is 16.4. The molecular weight excluding hydrogens is 152 g/mol. The van der Waals surface area contributed by atoms with Crippen LogP contribution in [0.15, 0.2) is 0 Å². The molecule has 64 valence electrons. The molecule has 0 saturated heterocycles. The molecule has 0 rings (SSSR count). The first-order chi connectivity index (χ1) is 7.64. The second-order valence-electron chi connectivity index (χ2n) is 1.33. The van der Waals surface area contributed by atoms with E-state index in [1.165, 1.54) is 0 Å². The minimum absolute atomic E-state index is 2.40. The Morgan fingerprint density at radius 3 is 2.36 bits per heavy atom. The van der Waals surface area contributed by atoms with Crippen molar-refractivity contribution in [3.63, 3.8) is 0 Å². The molecule has 1 unspecified atom stereocenters. The number of rotatable bonds is 5. The summed E-state index contributed by atoms with van der Waals surface area (Å²) in [6.45, 7) is 0. The molecule has 0 bridgehead atoms. The topological polar surface area (TPSA) is 94.8 Å². The van der Waals surface area contributed by atoms with E-state index in [1.807, 2.05) is 0 Å². The molecule has 0 aromatic carbocycles. The maximum Gasteiger partial charge on any atom is 0.305 e. The van der Waals surface area contributed by atoms with Gasteiger partial charge in [-0.25, -0.2) is 0 Å². The molecule has 5 heteroatoms. The Balaban J connectivity index is 5.89. The molecule has 3 N–H and O–H groups in total. The van der Waals surface area contributed by atoms with Crippen molar-refractivity contribution >= 4 is 11.9 Å². The number of aliphatic hydroxyl groups is 1. The van der Waals surface area contributed by atoms with Crippen LogP contribution in [0.2, 0.25) is 0 Å². The van der Waals surface area contributed by atoms with Gasteiger partial charge in [0.2, 0.25) is 0 Å². The van der Waals surface area contributed by atoms with Gasteiger partial charge < -0.3 is 15.3 Å². The molecule has 5 nitrogen and oxygen atoms in total. The monoisotopic (exact) mass is 169 g/mol. The quantitative estimate of drug-likeness (QED) is 0.524. The normalized spacial score (nSPS) is 28.6. The average Bonchev–Trinajstić information content (AvgIpc) is 2.15. The molecule has 0 saturated carbocycles. The number of hydrogen-bond acceptors (Lipinski definition) is 3. The van der Waals surface area contributed by atoms with Crippen LogP contribution in [-0.2, 0) is 9.59 Å². The van der Waals surface area contributed by atoms with Gasteiger partial charge in [0.25, 0.3) is 0 Å². The first-order valence-electron chi connectivity index (χ1n) is 5.83. The van der Waals surface area contributed by atoms with Crippen molar-refractivity contribution < 1.29 is 34.5 Å². The molecule has 0 aliphatic carbocycles. The van der Waals surface area contributed by atoms with Crippen molar-refractivity contribution in [2.45, 2.75) is 25.2 Å². The standard InChI is InChI=1S/C6H10O5/c7-4(3-6(10)11)1-2-5(8)9/h4,7H,1-3H2,(H,8,9)(H,10,11)/i1D2,2D2,3D2,4D. The van der Waals surface area contributed by atoms with Gasteiger partial charge in [0.15, 0.2) is 0 Å². The molecule has 0 fully saturated rings. The lowest BCUT2D eigenvalue weighted by molar-refractivity contribution is -0.141. The Morgan fingerprint density at radius 1 is 1.45 bits per heavy atom. The largest absolute Gasteiger partial charge is 0.481 e. The summed E-state index contributed by atoms with van der Waals surface area (Å²) < 4.78 is 48.8. The highest BCUT2D eigenvalue weighted by molar-refractivity contribution is 5.68. The molecule has 0 aromatic rings. The summed E-state index contributed by atoms with van der Waals surface area (Å²) in [5.41, 5.74) is 0. The van der Waals surface area contributed by atoms with E-state index in [0.717, 1.165) is 0 Å². The molecule has 1 atom stereocenters. The maximum atomic E-state index is 10.5. The molecule has 0 aliphatic rings. The first kappa shape index (κ1) is 3.10. The Labute approximate surface area is 73.1 Å². The SMILES string of the molecule is [2H]C([2H])(C(=O)O)C([2H])([2H])C([2H])(O)C([2H])([2H])C(=O)O. The summed E-state index contributed by atoms with van der Waals surface area (Å²) in [4.78, 5) is 21.1. The van der Waals surface area contributed by atoms with Gasteiger partial charge in [-0.1, -0.05) is 0 Å². The number of aliphatic carboxylic acids is 2. The van der Waals surface area contributed by atoms with Gasteiger partial charge >= 0.3 is 11.9 Å². The molecule has 0 aromatic heterocycles. The predicted molar refractivity (Wildman–Crippen MR) is 35.1 cm³/mol. The Hall–Kier alpha value is -1.10.